The van der Waals surface area contributed by atoms with Crippen molar-refractivity contribution in [2.75, 3.05) is 0 Å². The summed E-state index contributed by atoms with van der Waals surface area (Å²) >= 11 is 0. The smallest absolute Gasteiger partial charge is 0.228 e. The SMILES string of the molecule is CC(F)S([O])(=O)=O. The molecule has 0 aliphatic carbocycles. The molecule has 0 aliphatic heterocycles. The molecule has 1 radical (unpaired) electrons. The van der Waals surface area contributed by atoms with E-state index in [0.717, 1.165) is 0 Å². The maximum atomic E-state index is 11.3. The van der Waals surface area contributed by atoms with Crippen molar-refractivity contribution in [2.24, 2.45) is 0 Å². The van der Waals surface area contributed by atoms with Crippen LogP contribution in [-0.2, 0) is 14.7 Å². The second-order valence-electron chi connectivity index (χ2n) is 1.04. The van der Waals surface area contributed by atoms with E-state index in [4.69, 9.17) is 0 Å². The molecule has 1 unspecified atom stereocenters. The standard InChI is InChI=1S/C2H4FO3S/c1-2(3)7(4,5)6/h2H,1H3. The van der Waals surface area contributed by atoms with Crippen LogP contribution in [0, 0.1) is 0 Å². The van der Waals surface area contributed by atoms with Crippen LogP contribution in [-0.4, -0.2) is 13.9 Å². The van der Waals surface area contributed by atoms with Crippen LogP contribution in [0.1, 0.15) is 6.92 Å². The minimum Gasteiger partial charge on any atom is -0.228 e. The lowest BCUT2D eigenvalue weighted by atomic mass is 10.9. The van der Waals surface area contributed by atoms with Crippen LogP contribution in [0.15, 0.2) is 0 Å². The molecule has 0 heterocycles. The summed E-state index contributed by atoms with van der Waals surface area (Å²) in [6.45, 7) is 0.683. The Labute approximate surface area is 40.9 Å². The fraction of sp³-hybridized carbons (Fsp3) is 1.00. The van der Waals surface area contributed by atoms with Crippen LogP contribution in [0.4, 0.5) is 4.39 Å². The van der Waals surface area contributed by atoms with Gasteiger partial charge in [-0.2, -0.15) is 8.42 Å². The minimum atomic E-state index is -4.66. The van der Waals surface area contributed by atoms with E-state index in [1.54, 1.807) is 0 Å². The number of alkyl halides is 1. The molecule has 0 rings (SSSR count). The summed E-state index contributed by atoms with van der Waals surface area (Å²) < 4.78 is 39.5. The van der Waals surface area contributed by atoms with E-state index in [1.807, 2.05) is 0 Å². The lowest BCUT2D eigenvalue weighted by molar-refractivity contribution is 0.352. The first-order valence-corrected chi connectivity index (χ1v) is 3.00. The topological polar surface area (TPSA) is 54.0 Å². The highest BCUT2D eigenvalue weighted by Gasteiger charge is 2.16. The van der Waals surface area contributed by atoms with Gasteiger partial charge in [0.25, 0.3) is 0 Å². The van der Waals surface area contributed by atoms with Crippen LogP contribution in [0.25, 0.3) is 0 Å². The maximum absolute atomic E-state index is 11.3. The zero-order valence-corrected chi connectivity index (χ0v) is 4.40. The molecule has 3 nitrogen and oxygen atoms in total. The summed E-state index contributed by atoms with van der Waals surface area (Å²) in [5.41, 5.74) is -2.28. The third kappa shape index (κ3) is 2.52. The highest BCUT2D eigenvalue weighted by molar-refractivity contribution is 7.86. The third-order valence-corrected chi connectivity index (χ3v) is 1.19. The van der Waals surface area contributed by atoms with Crippen molar-refractivity contribution in [3.8, 4) is 0 Å². The second kappa shape index (κ2) is 1.75. The average Bonchev–Trinajstić information content (AvgIpc) is 1.31. The van der Waals surface area contributed by atoms with Gasteiger partial charge in [-0.15, -0.1) is 0 Å². The zero-order chi connectivity index (χ0) is 6.08. The average molecular weight is 127 g/mol. The van der Waals surface area contributed by atoms with E-state index in [9.17, 15) is 17.4 Å². The molecule has 0 aromatic heterocycles. The molecule has 1 atom stereocenters. The predicted molar refractivity (Wildman–Crippen MR) is 20.2 cm³/mol. The van der Waals surface area contributed by atoms with Gasteiger partial charge in [0.05, 0.1) is 0 Å². The summed E-state index contributed by atoms with van der Waals surface area (Å²) in [4.78, 5) is 0. The van der Waals surface area contributed by atoms with Gasteiger partial charge in [0.15, 0.2) is 0 Å². The van der Waals surface area contributed by atoms with Crippen molar-refractivity contribution in [2.45, 2.75) is 12.4 Å². The molecule has 0 N–H and O–H groups in total. The first-order valence-electron chi connectivity index (χ1n) is 1.53. The molecule has 0 aromatic rings. The molecule has 0 bridgehead atoms. The molecular weight excluding hydrogens is 123 g/mol. The summed E-state index contributed by atoms with van der Waals surface area (Å²) in [7, 11) is -4.66. The van der Waals surface area contributed by atoms with Gasteiger partial charge in [-0.05, 0) is 6.92 Å². The van der Waals surface area contributed by atoms with E-state index < -0.39 is 15.6 Å². The summed E-state index contributed by atoms with van der Waals surface area (Å²) in [6, 6.07) is 0. The highest BCUT2D eigenvalue weighted by Crippen LogP contribution is 1.96. The van der Waals surface area contributed by atoms with E-state index in [1.165, 1.54) is 0 Å². The molecule has 7 heavy (non-hydrogen) atoms. The van der Waals surface area contributed by atoms with Gasteiger partial charge >= 0.3 is 10.1 Å². The van der Waals surface area contributed by atoms with Crippen molar-refractivity contribution in [3.05, 3.63) is 0 Å². The molecule has 0 fully saturated rings. The molecule has 0 saturated heterocycles. The van der Waals surface area contributed by atoms with Crippen molar-refractivity contribution >= 4 is 10.1 Å². The van der Waals surface area contributed by atoms with E-state index in [-0.39, 0.29) is 0 Å². The Bertz CT molecular complexity index is 135. The highest BCUT2D eigenvalue weighted by atomic mass is 32.2. The normalized spacial score (nSPS) is 16.4. The van der Waals surface area contributed by atoms with Crippen molar-refractivity contribution in [1.29, 1.82) is 0 Å². The summed E-state index contributed by atoms with van der Waals surface area (Å²) in [5.74, 6) is 0. The lowest BCUT2D eigenvalue weighted by Crippen LogP contribution is -2.07. The third-order valence-electron chi connectivity index (χ3n) is 0.398. The van der Waals surface area contributed by atoms with E-state index in [2.05, 4.69) is 0 Å². The summed E-state index contributed by atoms with van der Waals surface area (Å²) in [5, 5.41) is 0. The van der Waals surface area contributed by atoms with Gasteiger partial charge in [-0.25, -0.2) is 4.39 Å². The van der Waals surface area contributed by atoms with Crippen molar-refractivity contribution in [1.82, 2.24) is 0 Å². The van der Waals surface area contributed by atoms with Gasteiger partial charge < -0.3 is 0 Å². The number of hydrogen-bond donors (Lipinski definition) is 0. The zero-order valence-electron chi connectivity index (χ0n) is 3.59. The molecule has 0 spiro atoms. The molecule has 0 aliphatic rings. The van der Waals surface area contributed by atoms with Gasteiger partial charge in [0.1, 0.15) is 0 Å². The first kappa shape index (κ1) is 6.84. The largest absolute Gasteiger partial charge is 0.326 e. The second-order valence-corrected chi connectivity index (χ2v) is 2.67. The van der Waals surface area contributed by atoms with E-state index in [0.29, 0.717) is 6.92 Å². The Morgan fingerprint density at radius 2 is 1.71 bits per heavy atom. The monoisotopic (exact) mass is 127 g/mol. The number of hydrogen-bond acceptors (Lipinski definition) is 2. The Kier molecular flexibility index (Phi) is 1.71. The molecule has 0 saturated carbocycles. The van der Waals surface area contributed by atoms with E-state index >= 15 is 0 Å². The quantitative estimate of drug-likeness (QED) is 0.500. The van der Waals surface area contributed by atoms with Crippen LogP contribution in [0.3, 0.4) is 0 Å². The Hall–Kier alpha value is -0.160. The Balaban J connectivity index is 4.10. The fourth-order valence-corrected chi connectivity index (χ4v) is 0. The fourth-order valence-electron chi connectivity index (χ4n) is 0. The maximum Gasteiger partial charge on any atom is 0.326 e. The van der Waals surface area contributed by atoms with Gasteiger partial charge in [0, 0.05) is 0 Å². The van der Waals surface area contributed by atoms with Crippen LogP contribution in [0.5, 0.6) is 0 Å². The van der Waals surface area contributed by atoms with Crippen LogP contribution in [0.2, 0.25) is 0 Å². The Morgan fingerprint density at radius 3 is 1.71 bits per heavy atom. The molecule has 5 heteroatoms. The van der Waals surface area contributed by atoms with Crippen LogP contribution >= 0.6 is 0 Å². The Morgan fingerprint density at radius 1 is 1.57 bits per heavy atom. The summed E-state index contributed by atoms with van der Waals surface area (Å²) in [6.07, 6.45) is 0. The molecule has 43 valence electrons. The lowest BCUT2D eigenvalue weighted by Gasteiger charge is -1.87. The van der Waals surface area contributed by atoms with Crippen molar-refractivity contribution < 1.29 is 17.4 Å². The number of halogens is 1. The van der Waals surface area contributed by atoms with Crippen molar-refractivity contribution in [3.63, 3.8) is 0 Å². The molecule has 0 amide bonds. The van der Waals surface area contributed by atoms with Crippen LogP contribution < -0.4 is 0 Å². The number of rotatable bonds is 1. The minimum absolute atomic E-state index is 0.683. The molecular formula is C2H4FO3S. The van der Waals surface area contributed by atoms with Gasteiger partial charge in [0.2, 0.25) is 5.50 Å². The predicted octanol–water partition coefficient (Wildman–Crippen LogP) is 0.0622. The van der Waals surface area contributed by atoms with Gasteiger partial charge in [-0.3, -0.25) is 0 Å². The first-order chi connectivity index (χ1) is 2.94. The van der Waals surface area contributed by atoms with Gasteiger partial charge in [-0.1, -0.05) is 4.55 Å². The molecule has 0 aromatic carbocycles.